The van der Waals surface area contributed by atoms with Crippen molar-refractivity contribution in [2.75, 3.05) is 6.61 Å². The molecule has 0 aliphatic carbocycles. The fraction of sp³-hybridized carbons (Fsp3) is 0.438. The fourth-order valence-corrected chi connectivity index (χ4v) is 3.23. The lowest BCUT2D eigenvalue weighted by atomic mass is 9.97. The Morgan fingerprint density at radius 1 is 1.52 bits per heavy atom. The van der Waals surface area contributed by atoms with Crippen molar-refractivity contribution in [2.45, 2.75) is 39.0 Å². The van der Waals surface area contributed by atoms with Gasteiger partial charge < -0.3 is 14.6 Å². The normalized spacial score (nSPS) is 17.1. The monoisotopic (exact) mass is 332 g/mol. The molecule has 2 heterocycles. The molecule has 0 bridgehead atoms. The molecule has 7 heteroatoms. The van der Waals surface area contributed by atoms with E-state index in [1.807, 2.05) is 42.7 Å². The second kappa shape index (κ2) is 6.64. The molecule has 2 N–H and O–H groups in total. The van der Waals surface area contributed by atoms with Crippen molar-refractivity contribution in [3.8, 4) is 0 Å². The van der Waals surface area contributed by atoms with Gasteiger partial charge in [0.25, 0.3) is 5.91 Å². The highest BCUT2D eigenvalue weighted by molar-refractivity contribution is 7.71. The van der Waals surface area contributed by atoms with E-state index in [0.29, 0.717) is 23.7 Å². The number of ether oxygens (including phenoxy) is 1. The second-order valence-corrected chi connectivity index (χ2v) is 6.21. The predicted molar refractivity (Wildman–Crippen MR) is 88.5 cm³/mol. The van der Waals surface area contributed by atoms with Gasteiger partial charge in [0.05, 0.1) is 13.2 Å². The summed E-state index contributed by atoms with van der Waals surface area (Å²) in [5, 5.41) is 9.86. The number of aromatic nitrogens is 3. The van der Waals surface area contributed by atoms with Crippen molar-refractivity contribution in [1.82, 2.24) is 20.1 Å². The van der Waals surface area contributed by atoms with E-state index < -0.39 is 6.10 Å². The molecular formula is C16H20N4O2S. The van der Waals surface area contributed by atoms with Gasteiger partial charge in [-0.25, -0.2) is 0 Å². The summed E-state index contributed by atoms with van der Waals surface area (Å²) in [4.78, 5) is 12.5. The van der Waals surface area contributed by atoms with E-state index in [1.54, 1.807) is 0 Å². The van der Waals surface area contributed by atoms with Crippen molar-refractivity contribution in [3.63, 3.8) is 0 Å². The molecule has 3 rings (SSSR count). The zero-order valence-corrected chi connectivity index (χ0v) is 14.0. The van der Waals surface area contributed by atoms with Gasteiger partial charge in [-0.1, -0.05) is 24.3 Å². The predicted octanol–water partition coefficient (Wildman–Crippen LogP) is 2.45. The molecule has 0 radical (unpaired) electrons. The SMILES string of the molecule is CC(C)n1c(CNC(=O)C2OCCc3ccccc32)n[nH]c1=S. The molecule has 1 aliphatic heterocycles. The van der Waals surface area contributed by atoms with E-state index in [0.717, 1.165) is 12.0 Å². The lowest BCUT2D eigenvalue weighted by Gasteiger charge is -2.25. The summed E-state index contributed by atoms with van der Waals surface area (Å²) in [6, 6.07) is 8.09. The Labute approximate surface area is 139 Å². The molecule has 23 heavy (non-hydrogen) atoms. The van der Waals surface area contributed by atoms with Gasteiger partial charge in [-0.3, -0.25) is 9.89 Å². The van der Waals surface area contributed by atoms with Gasteiger partial charge >= 0.3 is 0 Å². The number of hydrogen-bond donors (Lipinski definition) is 2. The van der Waals surface area contributed by atoms with Crippen LogP contribution in [0.15, 0.2) is 24.3 Å². The quantitative estimate of drug-likeness (QED) is 0.844. The van der Waals surface area contributed by atoms with Crippen LogP contribution >= 0.6 is 12.2 Å². The Balaban J connectivity index is 1.73. The standard InChI is InChI=1S/C16H20N4O2S/c1-10(2)20-13(18-19-16(20)23)9-17-15(21)14-12-6-4-3-5-11(12)7-8-22-14/h3-6,10,14H,7-9H2,1-2H3,(H,17,21)(H,19,23). The average Bonchev–Trinajstić information content (AvgIpc) is 2.93. The first-order chi connectivity index (χ1) is 11.1. The molecule has 2 aromatic rings. The van der Waals surface area contributed by atoms with E-state index in [1.165, 1.54) is 5.56 Å². The van der Waals surface area contributed by atoms with Crippen LogP contribution in [-0.4, -0.2) is 27.3 Å². The lowest BCUT2D eigenvalue weighted by molar-refractivity contribution is -0.134. The summed E-state index contributed by atoms with van der Waals surface area (Å²) in [6.45, 7) is 4.92. The van der Waals surface area contributed by atoms with Gasteiger partial charge in [-0.15, -0.1) is 0 Å². The van der Waals surface area contributed by atoms with Crippen LogP contribution in [-0.2, 0) is 22.5 Å². The number of fused-ring (bicyclic) bond motifs is 1. The molecule has 122 valence electrons. The van der Waals surface area contributed by atoms with E-state index in [2.05, 4.69) is 15.5 Å². The molecule has 0 spiro atoms. The molecule has 0 saturated heterocycles. The zero-order valence-electron chi connectivity index (χ0n) is 13.2. The number of benzene rings is 1. The number of carbonyl (C=O) groups is 1. The number of H-pyrrole nitrogens is 1. The summed E-state index contributed by atoms with van der Waals surface area (Å²) in [5.74, 6) is 0.559. The minimum absolute atomic E-state index is 0.152. The highest BCUT2D eigenvalue weighted by atomic mass is 32.1. The summed E-state index contributed by atoms with van der Waals surface area (Å²) < 4.78 is 8.12. The van der Waals surface area contributed by atoms with Crippen LogP contribution in [0, 0.1) is 4.77 Å². The first-order valence-corrected chi connectivity index (χ1v) is 8.11. The third-order valence-electron chi connectivity index (χ3n) is 3.95. The minimum Gasteiger partial charge on any atom is -0.363 e. The van der Waals surface area contributed by atoms with Crippen LogP contribution in [0.4, 0.5) is 0 Å². The van der Waals surface area contributed by atoms with E-state index in [-0.39, 0.29) is 11.9 Å². The number of rotatable bonds is 4. The molecular weight excluding hydrogens is 312 g/mol. The fourth-order valence-electron chi connectivity index (χ4n) is 2.86. The number of carbonyl (C=O) groups excluding carboxylic acids is 1. The molecule has 1 atom stereocenters. The van der Waals surface area contributed by atoms with Crippen molar-refractivity contribution < 1.29 is 9.53 Å². The van der Waals surface area contributed by atoms with Crippen molar-refractivity contribution in [3.05, 3.63) is 46.0 Å². The summed E-state index contributed by atoms with van der Waals surface area (Å²) in [7, 11) is 0. The van der Waals surface area contributed by atoms with Gasteiger partial charge in [0.1, 0.15) is 0 Å². The van der Waals surface area contributed by atoms with Gasteiger partial charge in [-0.05, 0) is 43.6 Å². The van der Waals surface area contributed by atoms with Crippen molar-refractivity contribution in [2.24, 2.45) is 0 Å². The van der Waals surface area contributed by atoms with E-state index in [9.17, 15) is 4.79 Å². The summed E-state index contributed by atoms with van der Waals surface area (Å²) >= 11 is 5.21. The highest BCUT2D eigenvalue weighted by Crippen LogP contribution is 2.27. The Bertz CT molecular complexity index is 765. The lowest BCUT2D eigenvalue weighted by Crippen LogP contribution is -2.34. The maximum atomic E-state index is 12.5. The maximum Gasteiger partial charge on any atom is 0.254 e. The number of amides is 1. The number of nitrogens with zero attached hydrogens (tertiary/aromatic N) is 2. The van der Waals surface area contributed by atoms with Gasteiger partial charge in [0.15, 0.2) is 16.7 Å². The second-order valence-electron chi connectivity index (χ2n) is 5.83. The molecule has 1 aliphatic rings. The number of hydrogen-bond acceptors (Lipinski definition) is 4. The Hall–Kier alpha value is -1.99. The first-order valence-electron chi connectivity index (χ1n) is 7.71. The van der Waals surface area contributed by atoms with Crippen LogP contribution in [0.2, 0.25) is 0 Å². The molecule has 0 fully saturated rings. The largest absolute Gasteiger partial charge is 0.363 e. The molecule has 6 nitrogen and oxygen atoms in total. The van der Waals surface area contributed by atoms with E-state index in [4.69, 9.17) is 17.0 Å². The minimum atomic E-state index is -0.561. The number of nitrogens with one attached hydrogen (secondary N) is 2. The van der Waals surface area contributed by atoms with Crippen LogP contribution in [0.5, 0.6) is 0 Å². The Morgan fingerprint density at radius 3 is 3.09 bits per heavy atom. The van der Waals surface area contributed by atoms with Gasteiger partial charge in [0, 0.05) is 6.04 Å². The average molecular weight is 332 g/mol. The van der Waals surface area contributed by atoms with Crippen molar-refractivity contribution in [1.29, 1.82) is 0 Å². The third-order valence-corrected chi connectivity index (χ3v) is 4.23. The molecule has 1 amide bonds. The van der Waals surface area contributed by atoms with Crippen LogP contribution in [0.3, 0.4) is 0 Å². The third kappa shape index (κ3) is 3.20. The number of aromatic amines is 1. The first kappa shape index (κ1) is 15.9. The maximum absolute atomic E-state index is 12.5. The Morgan fingerprint density at radius 2 is 2.30 bits per heavy atom. The summed E-state index contributed by atoms with van der Waals surface area (Å²) in [6.07, 6.45) is 0.278. The van der Waals surface area contributed by atoms with Crippen LogP contribution in [0.25, 0.3) is 0 Å². The molecule has 0 saturated carbocycles. The highest BCUT2D eigenvalue weighted by Gasteiger charge is 2.27. The Kier molecular flexibility index (Phi) is 4.58. The van der Waals surface area contributed by atoms with E-state index >= 15 is 0 Å². The van der Waals surface area contributed by atoms with Crippen LogP contribution in [0.1, 0.15) is 42.9 Å². The molecule has 1 aromatic heterocycles. The molecule has 1 unspecified atom stereocenters. The zero-order chi connectivity index (χ0) is 16.4. The topological polar surface area (TPSA) is 71.9 Å². The van der Waals surface area contributed by atoms with Crippen molar-refractivity contribution >= 4 is 18.1 Å². The smallest absolute Gasteiger partial charge is 0.254 e. The van der Waals surface area contributed by atoms with Crippen LogP contribution < -0.4 is 5.32 Å². The van der Waals surface area contributed by atoms with Gasteiger partial charge in [0.2, 0.25) is 0 Å². The van der Waals surface area contributed by atoms with Gasteiger partial charge in [-0.2, -0.15) is 5.10 Å². The molecule has 1 aromatic carbocycles. The summed E-state index contributed by atoms with van der Waals surface area (Å²) in [5.41, 5.74) is 2.11.